The molecule has 2 aromatic rings. The first-order valence-electron chi connectivity index (χ1n) is 6.50. The van der Waals surface area contributed by atoms with Gasteiger partial charge in [-0.1, -0.05) is 6.92 Å². The van der Waals surface area contributed by atoms with E-state index >= 15 is 0 Å². The van der Waals surface area contributed by atoms with E-state index in [4.69, 9.17) is 16.3 Å². The van der Waals surface area contributed by atoms with Crippen LogP contribution in [0.15, 0.2) is 6.20 Å². The van der Waals surface area contributed by atoms with Crippen molar-refractivity contribution in [1.82, 2.24) is 20.2 Å². The van der Waals surface area contributed by atoms with Crippen molar-refractivity contribution >= 4 is 28.5 Å². The topological polar surface area (TPSA) is 75.7 Å². The summed E-state index contributed by atoms with van der Waals surface area (Å²) >= 11 is 5.90. The maximum Gasteiger partial charge on any atom is 0.226 e. The van der Waals surface area contributed by atoms with Crippen LogP contribution in [-0.4, -0.2) is 39.4 Å². The number of anilines is 1. The van der Waals surface area contributed by atoms with Crippen LogP contribution in [0.5, 0.6) is 0 Å². The van der Waals surface area contributed by atoms with Gasteiger partial charge in [0.15, 0.2) is 5.65 Å². The van der Waals surface area contributed by atoms with E-state index < -0.39 is 0 Å². The van der Waals surface area contributed by atoms with Crippen LogP contribution < -0.4 is 5.32 Å². The number of hydrogen-bond donors (Lipinski definition) is 2. The molecular formula is C12H16ClN5O. The number of fused-ring (bicyclic) bond motifs is 1. The Morgan fingerprint density at radius 2 is 2.42 bits per heavy atom. The van der Waals surface area contributed by atoms with Crippen molar-refractivity contribution in [1.29, 1.82) is 0 Å². The van der Waals surface area contributed by atoms with Crippen LogP contribution in [0.4, 0.5) is 5.82 Å². The number of hydrogen-bond acceptors (Lipinski definition) is 5. The largest absolute Gasteiger partial charge is 0.378 e. The lowest BCUT2D eigenvalue weighted by molar-refractivity contribution is 0.0900. The van der Waals surface area contributed by atoms with Gasteiger partial charge in [-0.25, -0.2) is 0 Å². The third kappa shape index (κ3) is 2.50. The maximum absolute atomic E-state index is 5.90. The van der Waals surface area contributed by atoms with Crippen LogP contribution >= 0.6 is 11.6 Å². The molecule has 2 unspecified atom stereocenters. The van der Waals surface area contributed by atoms with Gasteiger partial charge < -0.3 is 10.1 Å². The minimum absolute atomic E-state index is 0.217. The van der Waals surface area contributed by atoms with Crippen LogP contribution in [-0.2, 0) is 4.74 Å². The second-order valence-corrected chi connectivity index (χ2v) is 5.06. The van der Waals surface area contributed by atoms with Gasteiger partial charge in [-0.2, -0.15) is 15.1 Å². The highest BCUT2D eigenvalue weighted by atomic mass is 35.5. The van der Waals surface area contributed by atoms with E-state index in [1.165, 1.54) is 0 Å². The van der Waals surface area contributed by atoms with E-state index in [2.05, 4.69) is 32.4 Å². The van der Waals surface area contributed by atoms with E-state index in [-0.39, 0.29) is 5.28 Å². The summed E-state index contributed by atoms with van der Waals surface area (Å²) in [7, 11) is 0. The second-order valence-electron chi connectivity index (χ2n) is 4.72. The summed E-state index contributed by atoms with van der Waals surface area (Å²) in [6, 6.07) is 0. The molecule has 3 rings (SSSR count). The van der Waals surface area contributed by atoms with Crippen LogP contribution in [0.3, 0.4) is 0 Å². The number of aromatic nitrogens is 4. The summed E-state index contributed by atoms with van der Waals surface area (Å²) in [5, 5.41) is 11.2. The number of nitrogens with one attached hydrogen (secondary N) is 2. The average molecular weight is 282 g/mol. The molecule has 0 saturated carbocycles. The smallest absolute Gasteiger partial charge is 0.226 e. The monoisotopic (exact) mass is 281 g/mol. The van der Waals surface area contributed by atoms with Crippen molar-refractivity contribution in [2.45, 2.75) is 25.9 Å². The molecule has 102 valence electrons. The lowest BCUT2D eigenvalue weighted by Gasteiger charge is -2.17. The zero-order chi connectivity index (χ0) is 13.2. The third-order valence-corrected chi connectivity index (χ3v) is 3.73. The lowest BCUT2D eigenvalue weighted by Crippen LogP contribution is -2.23. The lowest BCUT2D eigenvalue weighted by atomic mass is 10.00. The molecular weight excluding hydrogens is 266 g/mol. The minimum Gasteiger partial charge on any atom is -0.378 e. The Kier molecular flexibility index (Phi) is 3.52. The molecule has 0 spiro atoms. The highest BCUT2D eigenvalue weighted by Gasteiger charge is 2.26. The van der Waals surface area contributed by atoms with E-state index in [0.717, 1.165) is 37.2 Å². The van der Waals surface area contributed by atoms with Crippen LogP contribution in [0.25, 0.3) is 11.0 Å². The van der Waals surface area contributed by atoms with Crippen molar-refractivity contribution in [3.05, 3.63) is 11.5 Å². The van der Waals surface area contributed by atoms with Crippen molar-refractivity contribution in [2.24, 2.45) is 5.92 Å². The molecule has 0 aliphatic carbocycles. The van der Waals surface area contributed by atoms with Gasteiger partial charge in [0.2, 0.25) is 5.28 Å². The van der Waals surface area contributed by atoms with Gasteiger partial charge in [0.1, 0.15) is 5.82 Å². The number of aromatic amines is 1. The predicted octanol–water partition coefficient (Wildman–Crippen LogP) is 2.23. The van der Waals surface area contributed by atoms with Gasteiger partial charge in [-0.15, -0.1) is 0 Å². The molecule has 2 N–H and O–H groups in total. The molecule has 0 aromatic carbocycles. The zero-order valence-electron chi connectivity index (χ0n) is 10.7. The quantitative estimate of drug-likeness (QED) is 0.841. The summed E-state index contributed by atoms with van der Waals surface area (Å²) in [6.45, 7) is 3.82. The Morgan fingerprint density at radius 1 is 1.53 bits per heavy atom. The van der Waals surface area contributed by atoms with Gasteiger partial charge in [-0.3, -0.25) is 5.10 Å². The summed E-state index contributed by atoms with van der Waals surface area (Å²) < 4.78 is 5.68. The molecule has 0 radical (unpaired) electrons. The molecule has 7 heteroatoms. The molecule has 1 fully saturated rings. The number of rotatable bonds is 4. The molecule has 19 heavy (non-hydrogen) atoms. The summed E-state index contributed by atoms with van der Waals surface area (Å²) in [4.78, 5) is 8.31. The maximum atomic E-state index is 5.90. The Hall–Kier alpha value is -1.40. The molecule has 6 nitrogen and oxygen atoms in total. The number of nitrogens with zero attached hydrogens (tertiary/aromatic N) is 3. The van der Waals surface area contributed by atoms with E-state index in [0.29, 0.717) is 17.7 Å². The Morgan fingerprint density at radius 3 is 3.26 bits per heavy atom. The minimum atomic E-state index is 0.217. The van der Waals surface area contributed by atoms with Gasteiger partial charge in [-0.05, 0) is 24.4 Å². The van der Waals surface area contributed by atoms with E-state index in [9.17, 15) is 0 Å². The first-order chi connectivity index (χ1) is 9.28. The molecule has 1 saturated heterocycles. The van der Waals surface area contributed by atoms with E-state index in [1.54, 1.807) is 6.20 Å². The fourth-order valence-corrected chi connectivity index (χ4v) is 2.72. The Labute approximate surface area is 115 Å². The first kappa shape index (κ1) is 12.6. The van der Waals surface area contributed by atoms with Gasteiger partial charge in [0, 0.05) is 19.1 Å². The SMILES string of the molecule is CCC1OCCC1CNc1nc(Cl)nc2[nH]ncc12. The zero-order valence-corrected chi connectivity index (χ0v) is 11.4. The molecule has 2 aromatic heterocycles. The fraction of sp³-hybridized carbons (Fsp3) is 0.583. The Bertz CT molecular complexity index is 572. The standard InChI is InChI=1S/C12H16ClN5O/c1-2-9-7(3-4-19-9)5-14-10-8-6-15-18-11(8)17-12(13)16-10/h6-7,9H,2-5H2,1H3,(H2,14,15,16,17,18). The van der Waals surface area contributed by atoms with Crippen molar-refractivity contribution in [2.75, 3.05) is 18.5 Å². The van der Waals surface area contributed by atoms with Crippen molar-refractivity contribution in [3.63, 3.8) is 0 Å². The van der Waals surface area contributed by atoms with Gasteiger partial charge >= 0.3 is 0 Å². The van der Waals surface area contributed by atoms with Crippen LogP contribution in [0.2, 0.25) is 5.28 Å². The van der Waals surface area contributed by atoms with Gasteiger partial charge in [0.05, 0.1) is 17.7 Å². The Balaban J connectivity index is 1.76. The van der Waals surface area contributed by atoms with Crippen LogP contribution in [0.1, 0.15) is 19.8 Å². The van der Waals surface area contributed by atoms with Crippen molar-refractivity contribution < 1.29 is 4.74 Å². The molecule has 1 aliphatic heterocycles. The first-order valence-corrected chi connectivity index (χ1v) is 6.87. The van der Waals surface area contributed by atoms with E-state index in [1.807, 2.05) is 0 Å². The molecule has 3 heterocycles. The third-order valence-electron chi connectivity index (χ3n) is 3.56. The molecule has 0 amide bonds. The predicted molar refractivity (Wildman–Crippen MR) is 73.3 cm³/mol. The molecule has 2 atom stereocenters. The number of halogens is 1. The summed E-state index contributed by atoms with van der Waals surface area (Å²) in [5.74, 6) is 1.24. The number of ether oxygens (including phenoxy) is 1. The second kappa shape index (κ2) is 5.30. The normalized spacial score (nSPS) is 23.1. The summed E-state index contributed by atoms with van der Waals surface area (Å²) in [5.41, 5.74) is 0.650. The molecule has 0 bridgehead atoms. The fourth-order valence-electron chi connectivity index (χ4n) is 2.55. The average Bonchev–Trinajstić information content (AvgIpc) is 3.03. The van der Waals surface area contributed by atoms with Crippen molar-refractivity contribution in [3.8, 4) is 0 Å². The number of H-pyrrole nitrogens is 1. The highest BCUT2D eigenvalue weighted by molar-refractivity contribution is 6.28. The van der Waals surface area contributed by atoms with Gasteiger partial charge in [0.25, 0.3) is 0 Å². The van der Waals surface area contributed by atoms with Crippen LogP contribution in [0, 0.1) is 5.92 Å². The highest BCUT2D eigenvalue weighted by Crippen LogP contribution is 2.25. The summed E-state index contributed by atoms with van der Waals surface area (Å²) in [6.07, 6.45) is 4.16. The molecule has 1 aliphatic rings.